The van der Waals surface area contributed by atoms with Crippen LogP contribution in [0, 0.1) is 0 Å². The zero-order chi connectivity index (χ0) is 22.2. The molecule has 0 atom stereocenters. The molecular weight excluding hydrogens is 445 g/mol. The highest BCUT2D eigenvalue weighted by Crippen LogP contribution is 2.36. The molecule has 0 aromatic carbocycles. The lowest BCUT2D eigenvalue weighted by Gasteiger charge is -2.17. The molecule has 2 aromatic heterocycles. The second kappa shape index (κ2) is 7.64. The Balaban J connectivity index is 2.61. The zero-order valence-corrected chi connectivity index (χ0v) is 14.5. The summed E-state index contributed by atoms with van der Waals surface area (Å²) in [4.78, 5) is 17.7. The van der Waals surface area contributed by atoms with Crippen LogP contribution < -0.4 is 11.3 Å². The summed E-state index contributed by atoms with van der Waals surface area (Å²) in [6.45, 7) is -3.37. The van der Waals surface area contributed by atoms with Gasteiger partial charge in [-0.2, -0.15) is 44.7 Å². The minimum absolute atomic E-state index is 0.155. The lowest BCUT2D eigenvalue weighted by Crippen LogP contribution is -2.39. The van der Waals surface area contributed by atoms with Crippen molar-refractivity contribution in [3.63, 3.8) is 0 Å². The number of rotatable bonds is 5. The Morgan fingerprint density at radius 3 is 2.28 bits per heavy atom. The summed E-state index contributed by atoms with van der Waals surface area (Å²) in [5.74, 6) is -5.27. The molecule has 2 N–H and O–H groups in total. The first kappa shape index (κ1) is 22.6. The second-order valence-electron chi connectivity index (χ2n) is 5.26. The minimum Gasteiger partial charge on any atom is -0.404 e. The highest BCUT2D eigenvalue weighted by molar-refractivity contribution is 7.16. The third-order valence-electron chi connectivity index (χ3n) is 3.24. The summed E-state index contributed by atoms with van der Waals surface area (Å²) in [7, 11) is 0. The van der Waals surface area contributed by atoms with Gasteiger partial charge in [-0.15, -0.1) is 0 Å². The van der Waals surface area contributed by atoms with Crippen molar-refractivity contribution in [3.05, 3.63) is 32.8 Å². The summed E-state index contributed by atoms with van der Waals surface area (Å²) in [5, 5.41) is 3.04. The summed E-state index contributed by atoms with van der Waals surface area (Å²) >= 11 is 0.351. The molecule has 0 unspecified atom stereocenters. The number of hydrogen-bond acceptors (Lipinski definition) is 6. The van der Waals surface area contributed by atoms with Crippen LogP contribution in [0.5, 0.6) is 0 Å². The monoisotopic (exact) mass is 453 g/mol. The van der Waals surface area contributed by atoms with E-state index in [0.29, 0.717) is 22.1 Å². The van der Waals surface area contributed by atoms with Gasteiger partial charge in [-0.05, 0) is 0 Å². The standard InChI is InChI=1S/C13H8F9N5OS/c14-1-6-26-27-9(28)7(8(12(17,18)19)25-10(27)29-6)5(2-23)3-24-4-11(15,16)13(20,21)22/h2-3H,1,4,23H2. The highest BCUT2D eigenvalue weighted by Gasteiger charge is 2.57. The van der Waals surface area contributed by atoms with E-state index in [0.717, 1.165) is 0 Å². The minimum atomic E-state index is -5.95. The second-order valence-corrected chi connectivity index (χ2v) is 6.30. The molecular formula is C13H8F9N5OS. The zero-order valence-electron chi connectivity index (χ0n) is 13.7. The normalized spacial score (nSPS) is 14.3. The van der Waals surface area contributed by atoms with Crippen LogP contribution in [-0.2, 0) is 12.9 Å². The number of aliphatic imine (C=N–C) groups is 1. The topological polar surface area (TPSA) is 85.6 Å². The van der Waals surface area contributed by atoms with Gasteiger partial charge in [0.15, 0.2) is 5.69 Å². The van der Waals surface area contributed by atoms with Crippen molar-refractivity contribution < 1.29 is 39.5 Å². The molecule has 0 spiro atoms. The van der Waals surface area contributed by atoms with E-state index >= 15 is 0 Å². The number of nitrogens with two attached hydrogens (primary N) is 1. The van der Waals surface area contributed by atoms with Crippen molar-refractivity contribution in [2.24, 2.45) is 10.7 Å². The maximum Gasteiger partial charge on any atom is 0.455 e. The van der Waals surface area contributed by atoms with E-state index in [2.05, 4.69) is 15.1 Å². The van der Waals surface area contributed by atoms with Gasteiger partial charge in [-0.25, -0.2) is 9.37 Å². The molecule has 2 rings (SSSR count). The molecule has 0 saturated carbocycles. The van der Waals surface area contributed by atoms with Gasteiger partial charge in [0.25, 0.3) is 5.56 Å². The fourth-order valence-electron chi connectivity index (χ4n) is 1.94. The van der Waals surface area contributed by atoms with Crippen LogP contribution >= 0.6 is 11.3 Å². The fourth-order valence-corrected chi connectivity index (χ4v) is 2.68. The van der Waals surface area contributed by atoms with E-state index in [4.69, 9.17) is 5.73 Å². The Bertz CT molecular complexity index is 1020. The first-order chi connectivity index (χ1) is 13.2. The number of aromatic nitrogens is 3. The Morgan fingerprint density at radius 2 is 1.79 bits per heavy atom. The van der Waals surface area contributed by atoms with E-state index in [1.54, 1.807) is 0 Å². The van der Waals surface area contributed by atoms with Crippen LogP contribution in [0.4, 0.5) is 39.5 Å². The van der Waals surface area contributed by atoms with Crippen LogP contribution in [0.1, 0.15) is 16.3 Å². The van der Waals surface area contributed by atoms with E-state index in [1.807, 2.05) is 0 Å². The van der Waals surface area contributed by atoms with E-state index in [1.165, 1.54) is 0 Å². The van der Waals surface area contributed by atoms with E-state index < -0.39 is 58.8 Å². The van der Waals surface area contributed by atoms with Crippen LogP contribution in [0.2, 0.25) is 0 Å². The number of fused-ring (bicyclic) bond motifs is 1. The molecule has 29 heavy (non-hydrogen) atoms. The summed E-state index contributed by atoms with van der Waals surface area (Å²) in [6.07, 6.45) is -10.7. The van der Waals surface area contributed by atoms with Gasteiger partial charge in [0, 0.05) is 18.0 Å². The molecule has 0 aliphatic rings. The van der Waals surface area contributed by atoms with Gasteiger partial charge in [-0.3, -0.25) is 9.79 Å². The largest absolute Gasteiger partial charge is 0.455 e. The Hall–Kier alpha value is -2.65. The molecule has 0 fully saturated rings. The lowest BCUT2D eigenvalue weighted by atomic mass is 10.1. The Morgan fingerprint density at radius 1 is 1.17 bits per heavy atom. The molecule has 2 heterocycles. The van der Waals surface area contributed by atoms with Crippen LogP contribution in [0.3, 0.4) is 0 Å². The molecule has 2 aromatic rings. The predicted octanol–water partition coefficient (Wildman–Crippen LogP) is 3.21. The fraction of sp³-hybridized carbons (Fsp3) is 0.385. The summed E-state index contributed by atoms with van der Waals surface area (Å²) in [5.41, 5.74) is -0.433. The molecule has 16 heteroatoms. The van der Waals surface area contributed by atoms with Crippen LogP contribution in [-0.4, -0.2) is 39.5 Å². The first-order valence-electron chi connectivity index (χ1n) is 7.15. The number of allylic oxidation sites excluding steroid dienone is 1. The third-order valence-corrected chi connectivity index (χ3v) is 4.11. The molecule has 160 valence electrons. The molecule has 0 saturated heterocycles. The number of hydrogen-bond donors (Lipinski definition) is 1. The quantitative estimate of drug-likeness (QED) is 0.557. The van der Waals surface area contributed by atoms with Gasteiger partial charge >= 0.3 is 18.3 Å². The van der Waals surface area contributed by atoms with Crippen molar-refractivity contribution in [2.75, 3.05) is 6.54 Å². The summed E-state index contributed by atoms with van der Waals surface area (Å²) in [6, 6.07) is 0. The van der Waals surface area contributed by atoms with Gasteiger partial charge in [0.05, 0.1) is 5.56 Å². The lowest BCUT2D eigenvalue weighted by molar-refractivity contribution is -0.276. The average molecular weight is 453 g/mol. The van der Waals surface area contributed by atoms with Crippen molar-refractivity contribution in [3.8, 4) is 0 Å². The van der Waals surface area contributed by atoms with Crippen LogP contribution in [0.15, 0.2) is 16.0 Å². The highest BCUT2D eigenvalue weighted by atomic mass is 32.1. The van der Waals surface area contributed by atoms with Crippen molar-refractivity contribution in [2.45, 2.75) is 24.9 Å². The average Bonchev–Trinajstić information content (AvgIpc) is 3.01. The number of alkyl halides is 9. The molecule has 0 radical (unpaired) electrons. The van der Waals surface area contributed by atoms with Gasteiger partial charge in [0.2, 0.25) is 4.96 Å². The van der Waals surface area contributed by atoms with Gasteiger partial charge in [0.1, 0.15) is 18.2 Å². The van der Waals surface area contributed by atoms with E-state index in [9.17, 15) is 44.3 Å². The Labute approximate surface area is 158 Å². The van der Waals surface area contributed by atoms with E-state index in [-0.39, 0.29) is 11.2 Å². The molecule has 0 aliphatic carbocycles. The number of nitrogens with zero attached hydrogens (tertiary/aromatic N) is 4. The van der Waals surface area contributed by atoms with Gasteiger partial charge in [-0.1, -0.05) is 11.3 Å². The SMILES string of the molecule is NC=C(C=NCC(F)(F)C(F)(F)F)c1c(C(F)(F)F)nc2sc(CF)nn2c1=O. The Kier molecular flexibility index (Phi) is 5.97. The molecule has 0 bridgehead atoms. The maximum absolute atomic E-state index is 13.3. The molecule has 0 aliphatic heterocycles. The van der Waals surface area contributed by atoms with Gasteiger partial charge < -0.3 is 5.73 Å². The van der Waals surface area contributed by atoms with Crippen molar-refractivity contribution >= 4 is 28.1 Å². The molecule has 0 amide bonds. The van der Waals surface area contributed by atoms with Crippen molar-refractivity contribution in [1.82, 2.24) is 14.6 Å². The third kappa shape index (κ3) is 4.51. The smallest absolute Gasteiger partial charge is 0.404 e. The maximum atomic E-state index is 13.3. The van der Waals surface area contributed by atoms with Crippen molar-refractivity contribution in [1.29, 1.82) is 0 Å². The number of halogens is 9. The molecule has 6 nitrogen and oxygen atoms in total. The predicted molar refractivity (Wildman–Crippen MR) is 83.5 cm³/mol. The first-order valence-corrected chi connectivity index (χ1v) is 7.97. The summed E-state index contributed by atoms with van der Waals surface area (Å²) < 4.78 is 115. The van der Waals surface area contributed by atoms with Crippen LogP contribution in [0.25, 0.3) is 10.5 Å².